The van der Waals surface area contributed by atoms with E-state index in [0.29, 0.717) is 16.3 Å². The van der Waals surface area contributed by atoms with E-state index < -0.39 is 35.5 Å². The number of carboxylic acids is 1. The van der Waals surface area contributed by atoms with Crippen molar-refractivity contribution in [1.29, 1.82) is 0 Å². The van der Waals surface area contributed by atoms with Crippen LogP contribution in [0.3, 0.4) is 0 Å². The minimum Gasteiger partial charge on any atom is -0.496 e. The zero-order valence-corrected chi connectivity index (χ0v) is 22.7. The second kappa shape index (κ2) is 13.2. The van der Waals surface area contributed by atoms with Crippen molar-refractivity contribution < 1.29 is 38.6 Å². The number of ether oxygens (including phenoxy) is 2. The molecule has 1 heterocycles. The van der Waals surface area contributed by atoms with Crippen molar-refractivity contribution in [3.63, 3.8) is 0 Å². The van der Waals surface area contributed by atoms with E-state index >= 15 is 0 Å². The number of imide groups is 1. The number of halogens is 1. The fraction of sp³-hybridized carbons (Fsp3) is 0.393. The van der Waals surface area contributed by atoms with Gasteiger partial charge in [-0.05, 0) is 55.2 Å². The fourth-order valence-electron chi connectivity index (χ4n) is 4.59. The number of nitrogens with zero attached hydrogens (tertiary/aromatic N) is 1. The van der Waals surface area contributed by atoms with Crippen molar-refractivity contribution in [1.82, 2.24) is 4.90 Å². The van der Waals surface area contributed by atoms with E-state index in [1.54, 1.807) is 25.1 Å². The van der Waals surface area contributed by atoms with Crippen LogP contribution in [0.25, 0.3) is 0 Å². The maximum atomic E-state index is 13.4. The predicted octanol–water partition coefficient (Wildman–Crippen LogP) is 3.99. The van der Waals surface area contributed by atoms with E-state index in [1.807, 2.05) is 0 Å². The first-order chi connectivity index (χ1) is 18.6. The van der Waals surface area contributed by atoms with Crippen molar-refractivity contribution in [2.24, 2.45) is 11.8 Å². The summed E-state index contributed by atoms with van der Waals surface area (Å²) in [5.41, 5.74) is 0.703. The molecule has 1 fully saturated rings. The first-order valence-electron chi connectivity index (χ1n) is 12.5. The number of carbonyl (C=O) groups is 5. The number of methoxy groups -OCH3 is 2. The molecule has 0 bridgehead atoms. The van der Waals surface area contributed by atoms with Gasteiger partial charge < -0.3 is 19.9 Å². The van der Waals surface area contributed by atoms with Gasteiger partial charge in [-0.2, -0.15) is 0 Å². The standard InChI is InChI=1S/C28H31ClN2O8/c1-4-16(26(34)30-22-7-5-6-21(28(36)37)25(22)39-3)14-24(33)31-15-20(32)10-8-17(27(31)35)12-18-13-19(29)9-11-23(18)38-2/h5-7,9,11,13,16-17H,4,8,10,12,14-15H2,1-3H3,(H,30,34)(H,36,37)/t16-,17?/m0/s1. The smallest absolute Gasteiger partial charge is 0.339 e. The first-order valence-corrected chi connectivity index (χ1v) is 12.9. The molecule has 1 unspecified atom stereocenters. The van der Waals surface area contributed by atoms with E-state index in [2.05, 4.69) is 5.32 Å². The normalized spacial score (nSPS) is 16.3. The number of para-hydroxylation sites is 1. The highest BCUT2D eigenvalue weighted by Gasteiger charge is 2.36. The zero-order chi connectivity index (χ0) is 28.7. The Labute approximate surface area is 231 Å². The highest BCUT2D eigenvalue weighted by molar-refractivity contribution is 6.30. The van der Waals surface area contributed by atoms with E-state index in [1.165, 1.54) is 32.4 Å². The zero-order valence-electron chi connectivity index (χ0n) is 22.0. The maximum Gasteiger partial charge on any atom is 0.339 e. The Morgan fingerprint density at radius 1 is 1.15 bits per heavy atom. The summed E-state index contributed by atoms with van der Waals surface area (Å²) in [5, 5.41) is 12.5. The number of hydrogen-bond donors (Lipinski definition) is 2. The van der Waals surface area contributed by atoms with Gasteiger partial charge in [0.1, 0.15) is 11.3 Å². The van der Waals surface area contributed by atoms with E-state index in [4.69, 9.17) is 21.1 Å². The summed E-state index contributed by atoms with van der Waals surface area (Å²) in [4.78, 5) is 64.7. The highest BCUT2D eigenvalue weighted by atomic mass is 35.5. The third-order valence-electron chi connectivity index (χ3n) is 6.72. The van der Waals surface area contributed by atoms with Gasteiger partial charge in [-0.1, -0.05) is 24.6 Å². The number of ketones is 1. The van der Waals surface area contributed by atoms with Gasteiger partial charge in [-0.25, -0.2) is 4.79 Å². The van der Waals surface area contributed by atoms with Crippen LogP contribution in [0.2, 0.25) is 5.02 Å². The average molecular weight is 559 g/mol. The number of anilines is 1. The van der Waals surface area contributed by atoms with Gasteiger partial charge in [0.15, 0.2) is 11.5 Å². The number of hydrogen-bond acceptors (Lipinski definition) is 7. The summed E-state index contributed by atoms with van der Waals surface area (Å²) < 4.78 is 10.6. The average Bonchev–Trinajstić information content (AvgIpc) is 3.05. The molecule has 39 heavy (non-hydrogen) atoms. The molecule has 1 aliphatic rings. The van der Waals surface area contributed by atoms with Crippen LogP contribution < -0.4 is 14.8 Å². The molecule has 2 N–H and O–H groups in total. The summed E-state index contributed by atoms with van der Waals surface area (Å²) in [6, 6.07) is 9.35. The van der Waals surface area contributed by atoms with Gasteiger partial charge in [-0.15, -0.1) is 0 Å². The highest BCUT2D eigenvalue weighted by Crippen LogP contribution is 2.31. The minimum absolute atomic E-state index is 0.0212. The van der Waals surface area contributed by atoms with E-state index in [-0.39, 0.29) is 61.4 Å². The number of Topliss-reactive ketones (excluding diaryl/α,β-unsaturated/α-hetero) is 1. The summed E-state index contributed by atoms with van der Waals surface area (Å²) >= 11 is 6.13. The molecular formula is C28H31ClN2O8. The molecule has 3 rings (SSSR count). The predicted molar refractivity (Wildman–Crippen MR) is 143 cm³/mol. The van der Waals surface area contributed by atoms with Crippen molar-refractivity contribution in [2.45, 2.75) is 39.0 Å². The molecule has 0 aliphatic carbocycles. The van der Waals surface area contributed by atoms with E-state index in [9.17, 15) is 29.1 Å². The van der Waals surface area contributed by atoms with Gasteiger partial charge in [0.2, 0.25) is 17.7 Å². The van der Waals surface area contributed by atoms with Crippen LogP contribution in [0.5, 0.6) is 11.5 Å². The lowest BCUT2D eigenvalue weighted by Crippen LogP contribution is -2.43. The van der Waals surface area contributed by atoms with Crippen molar-refractivity contribution >= 4 is 46.8 Å². The molecule has 1 aliphatic heterocycles. The third kappa shape index (κ3) is 7.14. The Bertz CT molecular complexity index is 1280. The molecular weight excluding hydrogens is 528 g/mol. The monoisotopic (exact) mass is 558 g/mol. The van der Waals surface area contributed by atoms with Crippen molar-refractivity contribution in [3.05, 3.63) is 52.5 Å². The van der Waals surface area contributed by atoms with Crippen molar-refractivity contribution in [3.8, 4) is 11.5 Å². The molecule has 2 aromatic rings. The minimum atomic E-state index is -1.22. The molecule has 10 nitrogen and oxygen atoms in total. The molecule has 0 saturated carbocycles. The van der Waals surface area contributed by atoms with Gasteiger partial charge in [0, 0.05) is 29.7 Å². The van der Waals surface area contributed by atoms with Crippen LogP contribution in [-0.4, -0.2) is 60.2 Å². The Morgan fingerprint density at radius 2 is 1.90 bits per heavy atom. The Kier molecular flexibility index (Phi) is 10.1. The summed E-state index contributed by atoms with van der Waals surface area (Å²) in [6.07, 6.45) is 0.596. The number of amides is 3. The Morgan fingerprint density at radius 3 is 2.54 bits per heavy atom. The van der Waals surface area contributed by atoms with Crippen LogP contribution in [0, 0.1) is 11.8 Å². The van der Waals surface area contributed by atoms with E-state index in [0.717, 1.165) is 4.90 Å². The van der Waals surface area contributed by atoms with Gasteiger partial charge in [-0.3, -0.25) is 24.1 Å². The molecule has 0 radical (unpaired) electrons. The number of nitrogens with one attached hydrogen (secondary N) is 1. The van der Waals surface area contributed by atoms with Crippen molar-refractivity contribution in [2.75, 3.05) is 26.1 Å². The molecule has 0 aromatic heterocycles. The summed E-state index contributed by atoms with van der Waals surface area (Å²) in [7, 11) is 2.79. The largest absolute Gasteiger partial charge is 0.496 e. The maximum absolute atomic E-state index is 13.4. The van der Waals surface area contributed by atoms with Crippen LogP contribution in [0.1, 0.15) is 48.5 Å². The number of carbonyl (C=O) groups excluding carboxylic acids is 4. The summed E-state index contributed by atoms with van der Waals surface area (Å²) in [5.74, 6) is -4.09. The van der Waals surface area contributed by atoms with Crippen LogP contribution in [0.15, 0.2) is 36.4 Å². The van der Waals surface area contributed by atoms with Crippen LogP contribution >= 0.6 is 11.6 Å². The second-order valence-corrected chi connectivity index (χ2v) is 9.68. The summed E-state index contributed by atoms with van der Waals surface area (Å²) in [6.45, 7) is 1.36. The number of rotatable bonds is 10. The first kappa shape index (κ1) is 29.6. The molecule has 11 heteroatoms. The molecule has 2 aromatic carbocycles. The lowest BCUT2D eigenvalue weighted by Gasteiger charge is -2.24. The Balaban J connectivity index is 1.77. The number of carboxylic acid groups (broad SMARTS) is 1. The fourth-order valence-corrected chi connectivity index (χ4v) is 4.78. The third-order valence-corrected chi connectivity index (χ3v) is 6.96. The topological polar surface area (TPSA) is 139 Å². The second-order valence-electron chi connectivity index (χ2n) is 9.24. The Hall–Kier alpha value is -3.92. The lowest BCUT2D eigenvalue weighted by atomic mass is 9.93. The molecule has 1 saturated heterocycles. The molecule has 208 valence electrons. The SMILES string of the molecule is CC[C@@H](CC(=O)N1CC(=O)CCC(Cc2cc(Cl)ccc2OC)C1=O)C(=O)Nc1cccc(C(=O)O)c1OC. The molecule has 2 atom stereocenters. The quantitative estimate of drug-likeness (QED) is 0.446. The molecule has 3 amide bonds. The lowest BCUT2D eigenvalue weighted by molar-refractivity contribution is -0.149. The molecule has 0 spiro atoms. The van der Waals surface area contributed by atoms with Crippen LogP contribution in [-0.2, 0) is 25.6 Å². The number of aromatic carboxylic acids is 1. The number of likely N-dealkylation sites (tertiary alicyclic amines) is 1. The number of benzene rings is 2. The van der Waals surface area contributed by atoms with Gasteiger partial charge >= 0.3 is 5.97 Å². The van der Waals surface area contributed by atoms with Crippen LogP contribution in [0.4, 0.5) is 5.69 Å². The van der Waals surface area contributed by atoms with Gasteiger partial charge in [0.05, 0.1) is 26.5 Å². The van der Waals surface area contributed by atoms with Gasteiger partial charge in [0.25, 0.3) is 0 Å².